The van der Waals surface area contributed by atoms with Crippen LogP contribution in [0.25, 0.3) is 0 Å². The second-order valence-corrected chi connectivity index (χ2v) is 5.30. The Balaban J connectivity index is 2.21. The summed E-state index contributed by atoms with van der Waals surface area (Å²) in [7, 11) is 0. The number of aromatic nitrogens is 1. The van der Waals surface area contributed by atoms with E-state index in [4.69, 9.17) is 0 Å². The number of carbonyl (C=O) groups excluding carboxylic acids is 1. The summed E-state index contributed by atoms with van der Waals surface area (Å²) in [6.07, 6.45) is 7.07. The van der Waals surface area contributed by atoms with Crippen LogP contribution < -0.4 is 5.32 Å². The van der Waals surface area contributed by atoms with Crippen molar-refractivity contribution in [3.8, 4) is 0 Å². The zero-order valence-electron chi connectivity index (χ0n) is 11.6. The van der Waals surface area contributed by atoms with Gasteiger partial charge in [-0.2, -0.15) is 0 Å². The van der Waals surface area contributed by atoms with E-state index < -0.39 is 0 Å². The first-order chi connectivity index (χ1) is 8.58. The maximum atomic E-state index is 11.7. The lowest BCUT2D eigenvalue weighted by atomic mass is 10.0. The van der Waals surface area contributed by atoms with Gasteiger partial charge < -0.3 is 5.32 Å². The lowest BCUT2D eigenvalue weighted by molar-refractivity contribution is -0.121. The second-order valence-electron chi connectivity index (χ2n) is 5.30. The summed E-state index contributed by atoms with van der Waals surface area (Å²) in [6.45, 7) is 6.48. The molecular formula is C15H24N2O. The molecule has 1 heterocycles. The van der Waals surface area contributed by atoms with Gasteiger partial charge in [0.25, 0.3) is 0 Å². The highest BCUT2D eigenvalue weighted by atomic mass is 16.1. The molecule has 1 aromatic rings. The lowest BCUT2D eigenvalue weighted by Gasteiger charge is -2.15. The molecule has 1 rings (SSSR count). The van der Waals surface area contributed by atoms with Crippen LogP contribution in [0.15, 0.2) is 24.5 Å². The fourth-order valence-electron chi connectivity index (χ4n) is 1.81. The van der Waals surface area contributed by atoms with Gasteiger partial charge >= 0.3 is 0 Å². The van der Waals surface area contributed by atoms with Crippen LogP contribution in [0.1, 0.15) is 45.6 Å². The topological polar surface area (TPSA) is 42.0 Å². The largest absolute Gasteiger partial charge is 0.354 e. The SMILES string of the molecule is CC(C)CCC(C)NC(=O)CCc1cccnc1. The first kappa shape index (κ1) is 14.7. The van der Waals surface area contributed by atoms with E-state index in [0.717, 1.165) is 24.8 Å². The summed E-state index contributed by atoms with van der Waals surface area (Å²) >= 11 is 0. The van der Waals surface area contributed by atoms with Crippen molar-refractivity contribution in [2.24, 2.45) is 5.92 Å². The molecule has 0 bridgehead atoms. The third-order valence-electron chi connectivity index (χ3n) is 2.95. The second kappa shape index (κ2) is 7.85. The Morgan fingerprint density at radius 2 is 2.11 bits per heavy atom. The van der Waals surface area contributed by atoms with E-state index >= 15 is 0 Å². The van der Waals surface area contributed by atoms with E-state index in [1.807, 2.05) is 18.3 Å². The van der Waals surface area contributed by atoms with Gasteiger partial charge in [-0.05, 0) is 43.7 Å². The quantitative estimate of drug-likeness (QED) is 0.806. The Kier molecular flexibility index (Phi) is 6.40. The van der Waals surface area contributed by atoms with Crippen LogP contribution >= 0.6 is 0 Å². The van der Waals surface area contributed by atoms with Gasteiger partial charge in [0.2, 0.25) is 5.91 Å². The average molecular weight is 248 g/mol. The molecule has 0 aromatic carbocycles. The molecular weight excluding hydrogens is 224 g/mol. The van der Waals surface area contributed by atoms with Crippen molar-refractivity contribution in [2.75, 3.05) is 0 Å². The number of rotatable bonds is 7. The number of aryl methyl sites for hydroxylation is 1. The molecule has 3 nitrogen and oxygen atoms in total. The summed E-state index contributed by atoms with van der Waals surface area (Å²) in [4.78, 5) is 15.8. The highest BCUT2D eigenvalue weighted by molar-refractivity contribution is 5.76. The van der Waals surface area contributed by atoms with Gasteiger partial charge in [0.15, 0.2) is 0 Å². The highest BCUT2D eigenvalue weighted by Gasteiger charge is 2.08. The monoisotopic (exact) mass is 248 g/mol. The number of pyridine rings is 1. The fraction of sp³-hybridized carbons (Fsp3) is 0.600. The predicted molar refractivity (Wildman–Crippen MR) is 74.2 cm³/mol. The van der Waals surface area contributed by atoms with Crippen molar-refractivity contribution in [3.05, 3.63) is 30.1 Å². The summed E-state index contributed by atoms with van der Waals surface area (Å²) in [5.74, 6) is 0.829. The van der Waals surface area contributed by atoms with Crippen molar-refractivity contribution in [1.29, 1.82) is 0 Å². The zero-order chi connectivity index (χ0) is 13.4. The molecule has 1 aromatic heterocycles. The lowest BCUT2D eigenvalue weighted by Crippen LogP contribution is -2.32. The number of nitrogens with zero attached hydrogens (tertiary/aromatic N) is 1. The van der Waals surface area contributed by atoms with Crippen molar-refractivity contribution in [2.45, 2.75) is 52.5 Å². The van der Waals surface area contributed by atoms with Crippen molar-refractivity contribution in [3.63, 3.8) is 0 Å². The van der Waals surface area contributed by atoms with E-state index in [9.17, 15) is 4.79 Å². The first-order valence-corrected chi connectivity index (χ1v) is 6.76. The molecule has 100 valence electrons. The standard InChI is InChI=1S/C15H24N2O/c1-12(2)6-7-13(3)17-15(18)9-8-14-5-4-10-16-11-14/h4-5,10-13H,6-9H2,1-3H3,(H,17,18). The van der Waals surface area contributed by atoms with Crippen LogP contribution in [0.5, 0.6) is 0 Å². The van der Waals surface area contributed by atoms with Gasteiger partial charge in [-0.25, -0.2) is 0 Å². The van der Waals surface area contributed by atoms with Crippen molar-refractivity contribution in [1.82, 2.24) is 10.3 Å². The molecule has 0 saturated carbocycles. The number of hydrogen-bond donors (Lipinski definition) is 1. The average Bonchev–Trinajstić information content (AvgIpc) is 2.35. The van der Waals surface area contributed by atoms with E-state index in [0.29, 0.717) is 12.3 Å². The molecule has 0 aliphatic rings. The van der Waals surface area contributed by atoms with Crippen LogP contribution in [-0.4, -0.2) is 16.9 Å². The number of amides is 1. The molecule has 0 radical (unpaired) electrons. The molecule has 0 aliphatic carbocycles. The molecule has 1 atom stereocenters. The van der Waals surface area contributed by atoms with Gasteiger partial charge in [-0.15, -0.1) is 0 Å². The summed E-state index contributed by atoms with van der Waals surface area (Å²) in [5, 5.41) is 3.05. The summed E-state index contributed by atoms with van der Waals surface area (Å²) in [6, 6.07) is 4.18. The molecule has 1 amide bonds. The molecule has 18 heavy (non-hydrogen) atoms. The minimum atomic E-state index is 0.134. The maximum absolute atomic E-state index is 11.7. The Hall–Kier alpha value is -1.38. The molecule has 0 fully saturated rings. The highest BCUT2D eigenvalue weighted by Crippen LogP contribution is 2.07. The molecule has 1 N–H and O–H groups in total. The number of hydrogen-bond acceptors (Lipinski definition) is 2. The Labute approximate surface area is 110 Å². The van der Waals surface area contributed by atoms with Crippen LogP contribution in [-0.2, 0) is 11.2 Å². The van der Waals surface area contributed by atoms with E-state index in [-0.39, 0.29) is 11.9 Å². The molecule has 1 unspecified atom stereocenters. The van der Waals surface area contributed by atoms with Crippen LogP contribution in [0, 0.1) is 5.92 Å². The van der Waals surface area contributed by atoms with Crippen LogP contribution in [0.2, 0.25) is 0 Å². The number of nitrogens with one attached hydrogen (secondary N) is 1. The van der Waals surface area contributed by atoms with Gasteiger partial charge in [0.1, 0.15) is 0 Å². The first-order valence-electron chi connectivity index (χ1n) is 6.76. The molecule has 0 saturated heterocycles. The molecule has 0 spiro atoms. The van der Waals surface area contributed by atoms with Gasteiger partial charge in [0, 0.05) is 24.9 Å². The minimum Gasteiger partial charge on any atom is -0.354 e. The summed E-state index contributed by atoms with van der Waals surface area (Å²) < 4.78 is 0. The zero-order valence-corrected chi connectivity index (χ0v) is 11.6. The van der Waals surface area contributed by atoms with Crippen molar-refractivity contribution < 1.29 is 4.79 Å². The smallest absolute Gasteiger partial charge is 0.220 e. The third-order valence-corrected chi connectivity index (χ3v) is 2.95. The fourth-order valence-corrected chi connectivity index (χ4v) is 1.81. The number of carbonyl (C=O) groups is 1. The minimum absolute atomic E-state index is 0.134. The van der Waals surface area contributed by atoms with Gasteiger partial charge in [-0.3, -0.25) is 9.78 Å². The van der Waals surface area contributed by atoms with E-state index in [1.54, 1.807) is 6.20 Å². The van der Waals surface area contributed by atoms with E-state index in [2.05, 4.69) is 31.1 Å². The Morgan fingerprint density at radius 3 is 2.72 bits per heavy atom. The Morgan fingerprint density at radius 1 is 1.33 bits per heavy atom. The Bertz CT molecular complexity index is 349. The van der Waals surface area contributed by atoms with Crippen LogP contribution in [0.3, 0.4) is 0 Å². The van der Waals surface area contributed by atoms with E-state index in [1.165, 1.54) is 0 Å². The van der Waals surface area contributed by atoms with Gasteiger partial charge in [-0.1, -0.05) is 19.9 Å². The maximum Gasteiger partial charge on any atom is 0.220 e. The summed E-state index contributed by atoms with van der Waals surface area (Å²) in [5.41, 5.74) is 1.11. The predicted octanol–water partition coefficient (Wildman–Crippen LogP) is 2.96. The van der Waals surface area contributed by atoms with Crippen LogP contribution in [0.4, 0.5) is 0 Å². The molecule has 0 aliphatic heterocycles. The van der Waals surface area contributed by atoms with Gasteiger partial charge in [0.05, 0.1) is 0 Å². The molecule has 3 heteroatoms. The normalized spacial score (nSPS) is 12.4. The third kappa shape index (κ3) is 6.38. The van der Waals surface area contributed by atoms with Crippen molar-refractivity contribution >= 4 is 5.91 Å².